The molecule has 4 nitrogen and oxygen atoms in total. The summed E-state index contributed by atoms with van der Waals surface area (Å²) in [4.78, 5) is 11.2. The van der Waals surface area contributed by atoms with E-state index in [4.69, 9.17) is 5.73 Å². The van der Waals surface area contributed by atoms with Crippen molar-refractivity contribution in [1.29, 1.82) is 0 Å². The van der Waals surface area contributed by atoms with E-state index in [2.05, 4.69) is 28.8 Å². The van der Waals surface area contributed by atoms with Gasteiger partial charge < -0.3 is 16.4 Å². The second-order valence-electron chi connectivity index (χ2n) is 4.94. The molecule has 0 aliphatic carbocycles. The molecule has 110 valence electrons. The van der Waals surface area contributed by atoms with Crippen LogP contribution in [-0.4, -0.2) is 12.5 Å². The van der Waals surface area contributed by atoms with Crippen molar-refractivity contribution >= 4 is 29.7 Å². The van der Waals surface area contributed by atoms with Crippen molar-refractivity contribution in [2.75, 3.05) is 11.9 Å². The number of halogens is 1. The van der Waals surface area contributed by atoms with Crippen molar-refractivity contribution in [3.63, 3.8) is 0 Å². The number of hydrogen-bond donors (Lipinski definition) is 3. The van der Waals surface area contributed by atoms with Gasteiger partial charge in [-0.2, -0.15) is 0 Å². The van der Waals surface area contributed by atoms with E-state index in [-0.39, 0.29) is 12.4 Å². The van der Waals surface area contributed by atoms with E-state index in [0.29, 0.717) is 5.56 Å². The van der Waals surface area contributed by atoms with E-state index in [1.165, 1.54) is 11.1 Å². The molecule has 0 atom stereocenters. The van der Waals surface area contributed by atoms with Crippen LogP contribution in [0.15, 0.2) is 42.5 Å². The summed E-state index contributed by atoms with van der Waals surface area (Å²) in [5.41, 5.74) is 10.4. The fourth-order valence-corrected chi connectivity index (χ4v) is 2.54. The molecule has 0 unspecified atom stereocenters. The standard InChI is InChI=1S/C16H17N3O.ClH/c17-16(20)12-4-1-5-13(9-12)19-15-6-2-3-11-7-8-18-10-14(11)15;/h1-6,9,18-19H,7-8,10H2,(H2,17,20);1H. The highest BCUT2D eigenvalue weighted by Crippen LogP contribution is 2.26. The molecule has 2 aromatic rings. The van der Waals surface area contributed by atoms with Crippen LogP contribution in [0.4, 0.5) is 11.4 Å². The topological polar surface area (TPSA) is 67.2 Å². The molecular formula is C16H18ClN3O. The van der Waals surface area contributed by atoms with Crippen molar-refractivity contribution in [1.82, 2.24) is 5.32 Å². The highest BCUT2D eigenvalue weighted by atomic mass is 35.5. The van der Waals surface area contributed by atoms with Crippen molar-refractivity contribution in [3.8, 4) is 0 Å². The number of primary amides is 1. The average Bonchev–Trinajstić information content (AvgIpc) is 2.48. The first-order chi connectivity index (χ1) is 9.74. The van der Waals surface area contributed by atoms with Gasteiger partial charge in [0.15, 0.2) is 0 Å². The predicted molar refractivity (Wildman–Crippen MR) is 87.3 cm³/mol. The summed E-state index contributed by atoms with van der Waals surface area (Å²) in [6, 6.07) is 13.5. The first-order valence-electron chi connectivity index (χ1n) is 6.72. The minimum Gasteiger partial charge on any atom is -0.366 e. The van der Waals surface area contributed by atoms with E-state index in [0.717, 1.165) is 30.9 Å². The molecular weight excluding hydrogens is 286 g/mol. The minimum atomic E-state index is -0.412. The van der Waals surface area contributed by atoms with Crippen LogP contribution in [0.3, 0.4) is 0 Å². The lowest BCUT2D eigenvalue weighted by atomic mass is 9.99. The molecule has 0 bridgehead atoms. The number of nitrogens with two attached hydrogens (primary N) is 1. The lowest BCUT2D eigenvalue weighted by molar-refractivity contribution is 0.100. The fourth-order valence-electron chi connectivity index (χ4n) is 2.54. The summed E-state index contributed by atoms with van der Waals surface area (Å²) in [5, 5.41) is 6.76. The smallest absolute Gasteiger partial charge is 0.248 e. The molecule has 21 heavy (non-hydrogen) atoms. The lowest BCUT2D eigenvalue weighted by Crippen LogP contribution is -2.24. The molecule has 0 aromatic heterocycles. The van der Waals surface area contributed by atoms with E-state index in [9.17, 15) is 4.79 Å². The van der Waals surface area contributed by atoms with Gasteiger partial charge in [0.1, 0.15) is 0 Å². The van der Waals surface area contributed by atoms with Crippen molar-refractivity contribution in [2.45, 2.75) is 13.0 Å². The average molecular weight is 304 g/mol. The van der Waals surface area contributed by atoms with Gasteiger partial charge in [-0.05, 0) is 48.4 Å². The summed E-state index contributed by atoms with van der Waals surface area (Å²) in [6.45, 7) is 1.89. The third-order valence-corrected chi connectivity index (χ3v) is 3.57. The van der Waals surface area contributed by atoms with Gasteiger partial charge >= 0.3 is 0 Å². The van der Waals surface area contributed by atoms with Gasteiger partial charge in [-0.3, -0.25) is 4.79 Å². The number of amides is 1. The van der Waals surface area contributed by atoms with E-state index in [1.54, 1.807) is 12.1 Å². The summed E-state index contributed by atoms with van der Waals surface area (Å²) in [6.07, 6.45) is 1.05. The van der Waals surface area contributed by atoms with E-state index < -0.39 is 5.91 Å². The van der Waals surface area contributed by atoms with Crippen molar-refractivity contribution in [2.24, 2.45) is 5.73 Å². The molecule has 3 rings (SSSR count). The molecule has 1 amide bonds. The van der Waals surface area contributed by atoms with E-state index >= 15 is 0 Å². The molecule has 0 spiro atoms. The van der Waals surface area contributed by atoms with Crippen LogP contribution in [0, 0.1) is 0 Å². The van der Waals surface area contributed by atoms with Crippen molar-refractivity contribution in [3.05, 3.63) is 59.2 Å². The lowest BCUT2D eigenvalue weighted by Gasteiger charge is -2.21. The molecule has 5 heteroatoms. The van der Waals surface area contributed by atoms with Crippen LogP contribution in [0.5, 0.6) is 0 Å². The number of anilines is 2. The number of carbonyl (C=O) groups excluding carboxylic acids is 1. The van der Waals surface area contributed by atoms with E-state index in [1.807, 2.05) is 12.1 Å². The largest absolute Gasteiger partial charge is 0.366 e. The first kappa shape index (κ1) is 15.4. The third-order valence-electron chi connectivity index (χ3n) is 3.57. The molecule has 0 saturated heterocycles. The second-order valence-corrected chi connectivity index (χ2v) is 4.94. The fraction of sp³-hybridized carbons (Fsp3) is 0.188. The van der Waals surface area contributed by atoms with Gasteiger partial charge in [0, 0.05) is 23.5 Å². The number of nitrogens with one attached hydrogen (secondary N) is 2. The Labute approximate surface area is 130 Å². The molecule has 1 aliphatic rings. The number of fused-ring (bicyclic) bond motifs is 1. The van der Waals surface area contributed by atoms with Gasteiger partial charge in [0.2, 0.25) is 5.91 Å². The zero-order valence-corrected chi connectivity index (χ0v) is 12.4. The Morgan fingerprint density at radius 2 is 2.00 bits per heavy atom. The number of hydrogen-bond acceptors (Lipinski definition) is 3. The number of carbonyl (C=O) groups is 1. The molecule has 2 aromatic carbocycles. The molecule has 1 heterocycles. The van der Waals surface area contributed by atoms with Crippen LogP contribution in [-0.2, 0) is 13.0 Å². The van der Waals surface area contributed by atoms with Gasteiger partial charge in [0.25, 0.3) is 0 Å². The molecule has 1 aliphatic heterocycles. The summed E-state index contributed by atoms with van der Waals surface area (Å²) in [5.74, 6) is -0.412. The number of rotatable bonds is 3. The van der Waals surface area contributed by atoms with Crippen molar-refractivity contribution < 1.29 is 4.79 Å². The third kappa shape index (κ3) is 3.35. The Morgan fingerprint density at radius 1 is 1.19 bits per heavy atom. The zero-order chi connectivity index (χ0) is 13.9. The zero-order valence-electron chi connectivity index (χ0n) is 11.6. The maximum atomic E-state index is 11.2. The molecule has 4 N–H and O–H groups in total. The Morgan fingerprint density at radius 3 is 2.81 bits per heavy atom. The highest BCUT2D eigenvalue weighted by molar-refractivity contribution is 5.93. The quantitative estimate of drug-likeness (QED) is 0.816. The second kappa shape index (κ2) is 6.61. The van der Waals surface area contributed by atoms with Gasteiger partial charge in [-0.25, -0.2) is 0 Å². The minimum absolute atomic E-state index is 0. The SMILES string of the molecule is Cl.NC(=O)c1cccc(Nc2cccc3c2CNCC3)c1. The Balaban J connectivity index is 0.00000161. The number of benzene rings is 2. The molecule has 0 saturated carbocycles. The maximum absolute atomic E-state index is 11.2. The highest BCUT2D eigenvalue weighted by Gasteiger charge is 2.12. The van der Waals surface area contributed by atoms with Gasteiger partial charge in [0.05, 0.1) is 0 Å². The monoisotopic (exact) mass is 303 g/mol. The Hall–Kier alpha value is -2.04. The van der Waals surface area contributed by atoms with Crippen LogP contribution in [0.1, 0.15) is 21.5 Å². The van der Waals surface area contributed by atoms with Gasteiger partial charge in [-0.1, -0.05) is 18.2 Å². The maximum Gasteiger partial charge on any atom is 0.248 e. The Bertz CT molecular complexity index is 658. The summed E-state index contributed by atoms with van der Waals surface area (Å²) < 4.78 is 0. The van der Waals surface area contributed by atoms with Crippen LogP contribution in [0.25, 0.3) is 0 Å². The van der Waals surface area contributed by atoms with Gasteiger partial charge in [-0.15, -0.1) is 12.4 Å². The Kier molecular flexibility index (Phi) is 4.83. The summed E-state index contributed by atoms with van der Waals surface area (Å²) in [7, 11) is 0. The summed E-state index contributed by atoms with van der Waals surface area (Å²) >= 11 is 0. The normalized spacial score (nSPS) is 13.0. The van der Waals surface area contributed by atoms with Crippen LogP contribution in [0.2, 0.25) is 0 Å². The molecule has 0 fully saturated rings. The van der Waals surface area contributed by atoms with Crippen LogP contribution >= 0.6 is 12.4 Å². The predicted octanol–water partition coefficient (Wildman–Crippen LogP) is 2.60. The molecule has 0 radical (unpaired) electrons. The first-order valence-corrected chi connectivity index (χ1v) is 6.72. The van der Waals surface area contributed by atoms with Crippen LogP contribution < -0.4 is 16.4 Å².